The van der Waals surface area contributed by atoms with Gasteiger partial charge >= 0.3 is 0 Å². The Morgan fingerprint density at radius 1 is 0.286 bits per heavy atom. The minimum atomic E-state index is 0.597. The van der Waals surface area contributed by atoms with Crippen molar-refractivity contribution in [3.05, 3.63) is 164 Å². The second kappa shape index (κ2) is 11.0. The molecule has 0 bridgehead atoms. The van der Waals surface area contributed by atoms with Crippen LogP contribution in [0.15, 0.2) is 168 Å². The predicted molar refractivity (Wildman–Crippen MR) is 201 cm³/mol. The lowest BCUT2D eigenvalue weighted by Crippen LogP contribution is -2.00. The van der Waals surface area contributed by atoms with Gasteiger partial charge in [0.15, 0.2) is 17.5 Å². The number of fused-ring (bicyclic) bond motifs is 7. The normalized spacial score (nSPS) is 11.7. The van der Waals surface area contributed by atoms with Gasteiger partial charge in [-0.3, -0.25) is 0 Å². The second-order valence-electron chi connectivity index (χ2n) is 12.5. The Kier molecular flexibility index (Phi) is 6.15. The average Bonchev–Trinajstić information content (AvgIpc) is 3.55. The molecule has 0 fully saturated rings. The van der Waals surface area contributed by atoms with Crippen molar-refractivity contribution in [1.82, 2.24) is 15.0 Å². The summed E-state index contributed by atoms with van der Waals surface area (Å²) in [6.45, 7) is 0. The monoisotopic (exact) mass is 625 g/mol. The lowest BCUT2D eigenvalue weighted by molar-refractivity contribution is 0.669. The summed E-state index contributed by atoms with van der Waals surface area (Å²) >= 11 is 0. The number of aromatic nitrogens is 3. The molecule has 0 aliphatic rings. The number of para-hydroxylation sites is 1. The van der Waals surface area contributed by atoms with Gasteiger partial charge in [0.05, 0.1) is 0 Å². The summed E-state index contributed by atoms with van der Waals surface area (Å²) in [5.41, 5.74) is 6.80. The third-order valence-electron chi connectivity index (χ3n) is 9.48. The fraction of sp³-hybridized carbons (Fsp3) is 0. The zero-order valence-electron chi connectivity index (χ0n) is 26.3. The lowest BCUT2D eigenvalue weighted by atomic mass is 9.99. The van der Waals surface area contributed by atoms with E-state index in [9.17, 15) is 0 Å². The van der Waals surface area contributed by atoms with Crippen molar-refractivity contribution in [2.24, 2.45) is 0 Å². The van der Waals surface area contributed by atoms with Crippen LogP contribution in [0.25, 0.3) is 99.5 Å². The number of furan rings is 1. The van der Waals surface area contributed by atoms with Crippen LogP contribution < -0.4 is 0 Å². The second-order valence-corrected chi connectivity index (χ2v) is 12.5. The Balaban J connectivity index is 1.15. The maximum absolute atomic E-state index is 6.25. The van der Waals surface area contributed by atoms with Gasteiger partial charge in [-0.15, -0.1) is 0 Å². The van der Waals surface area contributed by atoms with Crippen molar-refractivity contribution >= 4 is 54.3 Å². The number of hydrogen-bond acceptors (Lipinski definition) is 4. The molecule has 10 aromatic rings. The minimum absolute atomic E-state index is 0.597. The van der Waals surface area contributed by atoms with Crippen LogP contribution in [0.1, 0.15) is 0 Å². The highest BCUT2D eigenvalue weighted by atomic mass is 16.3. The van der Waals surface area contributed by atoms with Crippen LogP contribution in [0.3, 0.4) is 0 Å². The fourth-order valence-electron chi connectivity index (χ4n) is 6.96. The summed E-state index contributed by atoms with van der Waals surface area (Å²) in [4.78, 5) is 15.3. The highest BCUT2D eigenvalue weighted by molar-refractivity contribution is 6.09. The van der Waals surface area contributed by atoms with Crippen molar-refractivity contribution < 1.29 is 4.42 Å². The Labute approximate surface area is 282 Å². The van der Waals surface area contributed by atoms with Gasteiger partial charge < -0.3 is 4.42 Å². The minimum Gasteiger partial charge on any atom is -0.456 e. The van der Waals surface area contributed by atoms with Crippen molar-refractivity contribution in [3.8, 4) is 45.3 Å². The highest BCUT2D eigenvalue weighted by Gasteiger charge is 2.16. The van der Waals surface area contributed by atoms with E-state index in [0.717, 1.165) is 49.4 Å². The molecule has 49 heavy (non-hydrogen) atoms. The Morgan fingerprint density at radius 2 is 0.796 bits per heavy atom. The lowest BCUT2D eigenvalue weighted by Gasteiger charge is -2.11. The molecule has 0 aliphatic heterocycles. The van der Waals surface area contributed by atoms with E-state index in [0.29, 0.717) is 17.5 Å². The van der Waals surface area contributed by atoms with E-state index in [-0.39, 0.29) is 0 Å². The quantitative estimate of drug-likeness (QED) is 0.183. The van der Waals surface area contributed by atoms with E-state index in [1.165, 1.54) is 32.7 Å². The van der Waals surface area contributed by atoms with Gasteiger partial charge in [-0.1, -0.05) is 127 Å². The Morgan fingerprint density at radius 3 is 1.57 bits per heavy atom. The molecule has 4 heteroatoms. The molecule has 0 atom stereocenters. The smallest absolute Gasteiger partial charge is 0.164 e. The molecule has 2 heterocycles. The average molecular weight is 626 g/mol. The molecule has 0 N–H and O–H groups in total. The molecular weight excluding hydrogens is 599 g/mol. The first kappa shape index (κ1) is 27.5. The SMILES string of the molecule is c1ccc(-c2ccc3cc(-c4nc(-c5ccc6c(c5)oc5ccccc56)nc(-c5ccc6ccc7ccccc7c6c5)n4)ccc3c2)cc1. The van der Waals surface area contributed by atoms with Crippen molar-refractivity contribution in [2.75, 3.05) is 0 Å². The van der Waals surface area contributed by atoms with Crippen LogP contribution in [0.2, 0.25) is 0 Å². The summed E-state index contributed by atoms with van der Waals surface area (Å²) in [7, 11) is 0. The van der Waals surface area contributed by atoms with Gasteiger partial charge in [0.25, 0.3) is 0 Å². The zero-order valence-corrected chi connectivity index (χ0v) is 26.3. The van der Waals surface area contributed by atoms with E-state index in [1.807, 2.05) is 30.3 Å². The number of benzene rings is 8. The molecule has 0 spiro atoms. The number of nitrogens with zero attached hydrogens (tertiary/aromatic N) is 3. The Hall–Kier alpha value is -6.65. The maximum atomic E-state index is 6.25. The van der Waals surface area contributed by atoms with Gasteiger partial charge in [0.2, 0.25) is 0 Å². The molecular formula is C45H27N3O. The predicted octanol–water partition coefficient (Wildman–Crippen LogP) is 11.9. The molecule has 0 amide bonds. The standard InChI is InChI=1S/C45H27N3O/c1-2-8-28(9-3-1)31-17-18-33-25-34(21-19-32(33)24-31)43-46-44(35-20-16-30-15-14-29-10-4-5-11-37(29)40(30)26-35)48-45(47-43)36-22-23-39-38-12-6-7-13-41(38)49-42(39)27-36/h1-27H. The van der Waals surface area contributed by atoms with E-state index in [4.69, 9.17) is 19.4 Å². The van der Waals surface area contributed by atoms with Crippen LogP contribution >= 0.6 is 0 Å². The molecule has 4 nitrogen and oxygen atoms in total. The van der Waals surface area contributed by atoms with Crippen LogP contribution in [-0.2, 0) is 0 Å². The first-order chi connectivity index (χ1) is 24.2. The molecule has 0 saturated heterocycles. The van der Waals surface area contributed by atoms with E-state index < -0.39 is 0 Å². The topological polar surface area (TPSA) is 51.8 Å². The van der Waals surface area contributed by atoms with Crippen LogP contribution in [-0.4, -0.2) is 15.0 Å². The summed E-state index contributed by atoms with van der Waals surface area (Å²) in [6.07, 6.45) is 0. The fourth-order valence-corrected chi connectivity index (χ4v) is 6.96. The van der Waals surface area contributed by atoms with Crippen LogP contribution in [0, 0.1) is 0 Å². The summed E-state index contributed by atoms with van der Waals surface area (Å²) < 4.78 is 6.25. The van der Waals surface area contributed by atoms with Gasteiger partial charge in [0.1, 0.15) is 11.2 Å². The van der Waals surface area contributed by atoms with Crippen LogP contribution in [0.4, 0.5) is 0 Å². The van der Waals surface area contributed by atoms with E-state index in [2.05, 4.69) is 133 Å². The maximum Gasteiger partial charge on any atom is 0.164 e. The third-order valence-corrected chi connectivity index (χ3v) is 9.48. The van der Waals surface area contributed by atoms with Crippen LogP contribution in [0.5, 0.6) is 0 Å². The summed E-state index contributed by atoms with van der Waals surface area (Å²) in [6, 6.07) is 57.1. The van der Waals surface area contributed by atoms with Crippen molar-refractivity contribution in [2.45, 2.75) is 0 Å². The molecule has 0 radical (unpaired) electrons. The molecule has 0 saturated carbocycles. The molecule has 8 aromatic carbocycles. The summed E-state index contributed by atoms with van der Waals surface area (Å²) in [5, 5.41) is 9.21. The highest BCUT2D eigenvalue weighted by Crippen LogP contribution is 2.35. The molecule has 2 aromatic heterocycles. The van der Waals surface area contributed by atoms with E-state index >= 15 is 0 Å². The number of hydrogen-bond donors (Lipinski definition) is 0. The Bertz CT molecular complexity index is 2890. The van der Waals surface area contributed by atoms with Crippen molar-refractivity contribution in [1.29, 1.82) is 0 Å². The third kappa shape index (κ3) is 4.73. The number of rotatable bonds is 4. The first-order valence-corrected chi connectivity index (χ1v) is 16.4. The molecule has 228 valence electrons. The van der Waals surface area contributed by atoms with Gasteiger partial charge in [0, 0.05) is 27.5 Å². The van der Waals surface area contributed by atoms with Crippen molar-refractivity contribution in [3.63, 3.8) is 0 Å². The van der Waals surface area contributed by atoms with E-state index in [1.54, 1.807) is 0 Å². The van der Waals surface area contributed by atoms with Gasteiger partial charge in [-0.2, -0.15) is 0 Å². The van der Waals surface area contributed by atoms with Gasteiger partial charge in [-0.05, 0) is 79.8 Å². The van der Waals surface area contributed by atoms with Gasteiger partial charge in [-0.25, -0.2) is 15.0 Å². The largest absolute Gasteiger partial charge is 0.456 e. The summed E-state index contributed by atoms with van der Waals surface area (Å²) in [5.74, 6) is 1.84. The molecule has 10 rings (SSSR count). The zero-order chi connectivity index (χ0) is 32.3. The molecule has 0 aliphatic carbocycles. The molecule has 0 unspecified atom stereocenters. The first-order valence-electron chi connectivity index (χ1n) is 16.4.